The Kier molecular flexibility index (Phi) is 5.79. The van der Waals surface area contributed by atoms with E-state index in [2.05, 4.69) is 34.8 Å². The van der Waals surface area contributed by atoms with Crippen molar-refractivity contribution in [1.29, 1.82) is 0 Å². The van der Waals surface area contributed by atoms with Crippen LogP contribution in [0.4, 0.5) is 4.39 Å². The van der Waals surface area contributed by atoms with Gasteiger partial charge in [-0.1, -0.05) is 31.2 Å². The van der Waals surface area contributed by atoms with Crippen LogP contribution in [0.15, 0.2) is 42.5 Å². The van der Waals surface area contributed by atoms with E-state index in [-0.39, 0.29) is 5.82 Å². The Morgan fingerprint density at radius 1 is 1.15 bits per heavy atom. The van der Waals surface area contributed by atoms with E-state index >= 15 is 0 Å². The minimum Gasteiger partial charge on any atom is -0.453 e. The molecule has 0 aliphatic carbocycles. The molecular formula is C16H17FINO. The molecule has 20 heavy (non-hydrogen) atoms. The second-order valence-corrected chi connectivity index (χ2v) is 5.60. The second kappa shape index (κ2) is 7.59. The van der Waals surface area contributed by atoms with Gasteiger partial charge in [-0.2, -0.15) is 0 Å². The van der Waals surface area contributed by atoms with Gasteiger partial charge in [-0.25, -0.2) is 4.39 Å². The van der Waals surface area contributed by atoms with Crippen LogP contribution in [0.25, 0.3) is 0 Å². The Bertz CT molecular complexity index is 574. The fourth-order valence-corrected chi connectivity index (χ4v) is 2.34. The first kappa shape index (κ1) is 15.3. The molecule has 0 spiro atoms. The Labute approximate surface area is 132 Å². The van der Waals surface area contributed by atoms with Gasteiger partial charge in [-0.3, -0.25) is 0 Å². The summed E-state index contributed by atoms with van der Waals surface area (Å²) < 4.78 is 20.8. The number of para-hydroxylation sites is 2. The van der Waals surface area contributed by atoms with Crippen LogP contribution in [0.3, 0.4) is 0 Å². The molecule has 0 bridgehead atoms. The topological polar surface area (TPSA) is 21.3 Å². The van der Waals surface area contributed by atoms with Gasteiger partial charge in [-0.15, -0.1) is 0 Å². The zero-order chi connectivity index (χ0) is 14.4. The van der Waals surface area contributed by atoms with Gasteiger partial charge in [0.1, 0.15) is 5.75 Å². The quantitative estimate of drug-likeness (QED) is 0.574. The highest BCUT2D eigenvalue weighted by Gasteiger charge is 2.12. The highest BCUT2D eigenvalue weighted by Crippen LogP contribution is 2.31. The van der Waals surface area contributed by atoms with Gasteiger partial charge < -0.3 is 10.1 Å². The summed E-state index contributed by atoms with van der Waals surface area (Å²) in [7, 11) is 0. The lowest BCUT2D eigenvalue weighted by atomic mass is 10.2. The van der Waals surface area contributed by atoms with E-state index < -0.39 is 0 Å². The van der Waals surface area contributed by atoms with E-state index in [1.807, 2.05) is 30.3 Å². The minimum atomic E-state index is -0.333. The smallest absolute Gasteiger partial charge is 0.167 e. The van der Waals surface area contributed by atoms with Crippen molar-refractivity contribution < 1.29 is 9.13 Å². The molecule has 0 aliphatic rings. The third-order valence-corrected chi connectivity index (χ3v) is 3.73. The average molecular weight is 385 g/mol. The second-order valence-electron chi connectivity index (χ2n) is 4.44. The van der Waals surface area contributed by atoms with Crippen molar-refractivity contribution in [3.8, 4) is 11.5 Å². The molecule has 0 aliphatic heterocycles. The summed E-state index contributed by atoms with van der Waals surface area (Å²) in [6.07, 6.45) is 1.04. The molecule has 0 atom stereocenters. The summed E-state index contributed by atoms with van der Waals surface area (Å²) in [4.78, 5) is 0. The van der Waals surface area contributed by atoms with Crippen LogP contribution >= 0.6 is 22.6 Å². The maximum Gasteiger partial charge on any atom is 0.167 e. The third-order valence-electron chi connectivity index (χ3n) is 2.84. The molecule has 2 nitrogen and oxygen atoms in total. The average Bonchev–Trinajstić information content (AvgIpc) is 2.44. The van der Waals surface area contributed by atoms with Crippen molar-refractivity contribution in [3.63, 3.8) is 0 Å². The van der Waals surface area contributed by atoms with Gasteiger partial charge >= 0.3 is 0 Å². The molecule has 2 rings (SSSR count). The Morgan fingerprint density at radius 3 is 2.70 bits per heavy atom. The van der Waals surface area contributed by atoms with Crippen molar-refractivity contribution in [2.75, 3.05) is 6.54 Å². The zero-order valence-electron chi connectivity index (χ0n) is 11.3. The summed E-state index contributed by atoms with van der Waals surface area (Å²) in [5, 5.41) is 3.27. The van der Waals surface area contributed by atoms with Crippen LogP contribution in [0.2, 0.25) is 0 Å². The van der Waals surface area contributed by atoms with Crippen LogP contribution in [-0.2, 0) is 6.54 Å². The predicted molar refractivity (Wildman–Crippen MR) is 87.6 cm³/mol. The van der Waals surface area contributed by atoms with Gasteiger partial charge in [0, 0.05) is 12.1 Å². The third kappa shape index (κ3) is 3.93. The van der Waals surface area contributed by atoms with Crippen molar-refractivity contribution in [2.45, 2.75) is 19.9 Å². The molecule has 0 heterocycles. The number of halogens is 2. The first-order valence-corrected chi connectivity index (χ1v) is 7.70. The standard InChI is InChI=1S/C16H17FINO/c1-2-10-19-11-12-6-5-7-13(17)16(12)20-15-9-4-3-8-14(15)18/h3-9,19H,2,10-11H2,1H3. The molecule has 2 aromatic carbocycles. The van der Waals surface area contributed by atoms with Crippen molar-refractivity contribution >= 4 is 22.6 Å². The number of hydrogen-bond acceptors (Lipinski definition) is 2. The summed E-state index contributed by atoms with van der Waals surface area (Å²) in [6.45, 7) is 3.60. The van der Waals surface area contributed by atoms with Gasteiger partial charge in [-0.05, 0) is 53.8 Å². The zero-order valence-corrected chi connectivity index (χ0v) is 13.5. The lowest BCUT2D eigenvalue weighted by molar-refractivity contribution is 0.431. The fraction of sp³-hybridized carbons (Fsp3) is 0.250. The molecule has 106 valence electrons. The van der Waals surface area contributed by atoms with E-state index in [1.54, 1.807) is 6.07 Å². The van der Waals surface area contributed by atoms with Crippen molar-refractivity contribution in [1.82, 2.24) is 5.32 Å². The van der Waals surface area contributed by atoms with Crippen molar-refractivity contribution in [3.05, 3.63) is 57.4 Å². The Hall–Kier alpha value is -1.14. The van der Waals surface area contributed by atoms with Crippen LogP contribution in [0.1, 0.15) is 18.9 Å². The number of nitrogens with one attached hydrogen (secondary N) is 1. The summed E-state index contributed by atoms with van der Waals surface area (Å²) in [5.74, 6) is 0.649. The maximum absolute atomic E-state index is 14.0. The molecule has 0 fully saturated rings. The van der Waals surface area contributed by atoms with E-state index in [0.29, 0.717) is 18.0 Å². The van der Waals surface area contributed by atoms with E-state index in [4.69, 9.17) is 4.74 Å². The lowest BCUT2D eigenvalue weighted by Gasteiger charge is -2.13. The number of ether oxygens (including phenoxy) is 1. The van der Waals surface area contributed by atoms with Crippen molar-refractivity contribution in [2.24, 2.45) is 0 Å². The summed E-state index contributed by atoms with van der Waals surface area (Å²) in [6, 6.07) is 12.6. The van der Waals surface area contributed by atoms with Gasteiger partial charge in [0.05, 0.1) is 3.57 Å². The molecular weight excluding hydrogens is 368 g/mol. The molecule has 0 unspecified atom stereocenters. The molecule has 4 heteroatoms. The van der Waals surface area contributed by atoms with Crippen LogP contribution in [-0.4, -0.2) is 6.54 Å². The molecule has 0 saturated carbocycles. The maximum atomic E-state index is 14.0. The predicted octanol–water partition coefficient (Wildman–Crippen LogP) is 4.72. The fourth-order valence-electron chi connectivity index (χ4n) is 1.84. The molecule has 0 radical (unpaired) electrons. The highest BCUT2D eigenvalue weighted by atomic mass is 127. The number of hydrogen-bond donors (Lipinski definition) is 1. The van der Waals surface area contributed by atoms with Gasteiger partial charge in [0.25, 0.3) is 0 Å². The molecule has 1 N–H and O–H groups in total. The first-order chi connectivity index (χ1) is 9.72. The van der Waals surface area contributed by atoms with Gasteiger partial charge in [0.15, 0.2) is 11.6 Å². The highest BCUT2D eigenvalue weighted by molar-refractivity contribution is 14.1. The van der Waals surface area contributed by atoms with E-state index in [9.17, 15) is 4.39 Å². The molecule has 2 aromatic rings. The van der Waals surface area contributed by atoms with Crippen LogP contribution in [0.5, 0.6) is 11.5 Å². The lowest BCUT2D eigenvalue weighted by Crippen LogP contribution is -2.14. The molecule has 0 amide bonds. The van der Waals surface area contributed by atoms with Gasteiger partial charge in [0.2, 0.25) is 0 Å². The van der Waals surface area contributed by atoms with E-state index in [0.717, 1.165) is 22.1 Å². The first-order valence-electron chi connectivity index (χ1n) is 6.63. The number of rotatable bonds is 6. The van der Waals surface area contributed by atoms with E-state index in [1.165, 1.54) is 6.07 Å². The molecule has 0 saturated heterocycles. The largest absolute Gasteiger partial charge is 0.453 e. The monoisotopic (exact) mass is 385 g/mol. The summed E-state index contributed by atoms with van der Waals surface area (Å²) >= 11 is 2.18. The molecule has 0 aromatic heterocycles. The summed E-state index contributed by atoms with van der Waals surface area (Å²) in [5.41, 5.74) is 0.832. The normalized spacial score (nSPS) is 10.6. The Morgan fingerprint density at radius 2 is 1.95 bits per heavy atom. The van der Waals surface area contributed by atoms with Crippen LogP contribution in [0, 0.1) is 9.39 Å². The van der Waals surface area contributed by atoms with Crippen LogP contribution < -0.4 is 10.1 Å². The number of benzene rings is 2. The Balaban J connectivity index is 2.23. The minimum absolute atomic E-state index is 0.306. The SMILES string of the molecule is CCCNCc1cccc(F)c1Oc1ccccc1I.